The lowest BCUT2D eigenvalue weighted by molar-refractivity contribution is -0.140. The highest BCUT2D eigenvalue weighted by molar-refractivity contribution is 7.92. The van der Waals surface area contributed by atoms with Crippen molar-refractivity contribution < 1.29 is 18.0 Å². The van der Waals surface area contributed by atoms with E-state index in [0.717, 1.165) is 9.87 Å². The monoisotopic (exact) mass is 623 g/mol. The van der Waals surface area contributed by atoms with E-state index < -0.39 is 28.5 Å². The molecule has 4 aromatic carbocycles. The highest BCUT2D eigenvalue weighted by atomic mass is 35.5. The molecule has 0 aliphatic heterocycles. The largest absolute Gasteiger partial charge is 0.355 e. The molecule has 0 radical (unpaired) electrons. The minimum atomic E-state index is -4.18. The first-order chi connectivity index (χ1) is 20.2. The fourth-order valence-electron chi connectivity index (χ4n) is 4.51. The number of nitrogens with zero attached hydrogens (tertiary/aromatic N) is 2. The van der Waals surface area contributed by atoms with Gasteiger partial charge in [-0.3, -0.25) is 13.9 Å². The van der Waals surface area contributed by atoms with Crippen LogP contribution in [0.3, 0.4) is 0 Å². The number of carbonyl (C=O) groups is 2. The molecule has 0 aromatic heterocycles. The third-order valence-electron chi connectivity index (χ3n) is 6.65. The van der Waals surface area contributed by atoms with Gasteiger partial charge in [0.1, 0.15) is 12.6 Å². The number of benzene rings is 4. The van der Waals surface area contributed by atoms with Gasteiger partial charge in [0.15, 0.2) is 0 Å². The first-order valence-electron chi connectivity index (χ1n) is 13.4. The van der Waals surface area contributed by atoms with Crippen molar-refractivity contribution in [3.63, 3.8) is 0 Å². The first kappa shape index (κ1) is 31.1. The summed E-state index contributed by atoms with van der Waals surface area (Å²) in [6.45, 7) is 1.59. The van der Waals surface area contributed by atoms with Crippen LogP contribution in [0, 0.1) is 0 Å². The van der Waals surface area contributed by atoms with Crippen LogP contribution in [0.1, 0.15) is 18.1 Å². The van der Waals surface area contributed by atoms with Gasteiger partial charge in [0.25, 0.3) is 10.0 Å². The average molecular weight is 625 g/mol. The molecule has 4 aromatic rings. The fourth-order valence-corrected chi connectivity index (χ4v) is 6.27. The van der Waals surface area contributed by atoms with Crippen LogP contribution in [-0.4, -0.2) is 44.3 Å². The molecule has 218 valence electrons. The van der Waals surface area contributed by atoms with E-state index in [-0.39, 0.29) is 29.5 Å². The number of carbonyl (C=O) groups excluding carboxylic acids is 2. The van der Waals surface area contributed by atoms with Gasteiger partial charge < -0.3 is 10.2 Å². The van der Waals surface area contributed by atoms with Gasteiger partial charge in [0, 0.05) is 29.6 Å². The van der Waals surface area contributed by atoms with Crippen molar-refractivity contribution >= 4 is 50.7 Å². The van der Waals surface area contributed by atoms with Crippen LogP contribution >= 0.6 is 23.2 Å². The number of anilines is 1. The Hall–Kier alpha value is -3.85. The van der Waals surface area contributed by atoms with Crippen LogP contribution in [0.4, 0.5) is 5.69 Å². The molecule has 1 N–H and O–H groups in total. The van der Waals surface area contributed by atoms with Gasteiger partial charge in [-0.2, -0.15) is 0 Å². The maximum absolute atomic E-state index is 14.3. The van der Waals surface area contributed by atoms with Crippen LogP contribution in [0.5, 0.6) is 0 Å². The van der Waals surface area contributed by atoms with Crippen molar-refractivity contribution in [1.29, 1.82) is 0 Å². The number of hydrogen-bond acceptors (Lipinski definition) is 4. The molecule has 0 saturated carbocycles. The summed E-state index contributed by atoms with van der Waals surface area (Å²) in [6.07, 6.45) is 0.218. The van der Waals surface area contributed by atoms with E-state index in [2.05, 4.69) is 5.32 Å². The number of nitrogens with one attached hydrogen (secondary N) is 1. The Balaban J connectivity index is 1.79. The molecule has 0 fully saturated rings. The Morgan fingerprint density at radius 3 is 2.02 bits per heavy atom. The normalized spacial score (nSPS) is 11.9. The molecular formula is C32H31Cl2N3O4S. The van der Waals surface area contributed by atoms with Gasteiger partial charge in [-0.25, -0.2) is 8.42 Å². The Morgan fingerprint density at radius 2 is 1.40 bits per heavy atom. The molecule has 0 aliphatic carbocycles. The number of hydrogen-bond donors (Lipinski definition) is 1. The lowest BCUT2D eigenvalue weighted by Crippen LogP contribution is -2.53. The summed E-state index contributed by atoms with van der Waals surface area (Å²) in [7, 11) is -4.18. The van der Waals surface area contributed by atoms with E-state index >= 15 is 0 Å². The number of likely N-dealkylation sites (N-methyl/N-ethyl adjacent to an activating group) is 1. The number of sulfonamides is 1. The summed E-state index contributed by atoms with van der Waals surface area (Å²) < 4.78 is 28.9. The quantitative estimate of drug-likeness (QED) is 0.211. The van der Waals surface area contributed by atoms with Crippen LogP contribution in [0.15, 0.2) is 114 Å². The summed E-state index contributed by atoms with van der Waals surface area (Å²) in [4.78, 5) is 29.2. The summed E-state index contributed by atoms with van der Waals surface area (Å²) in [6, 6.07) is 29.5. The van der Waals surface area contributed by atoms with E-state index in [1.165, 1.54) is 17.0 Å². The Kier molecular flexibility index (Phi) is 10.6. The molecule has 7 nitrogen and oxygen atoms in total. The van der Waals surface area contributed by atoms with Gasteiger partial charge in [0.2, 0.25) is 11.8 Å². The van der Waals surface area contributed by atoms with Gasteiger partial charge >= 0.3 is 0 Å². The van der Waals surface area contributed by atoms with E-state index in [1.54, 1.807) is 73.7 Å². The molecule has 2 amide bonds. The van der Waals surface area contributed by atoms with Crippen molar-refractivity contribution in [2.45, 2.75) is 30.8 Å². The molecule has 42 heavy (non-hydrogen) atoms. The smallest absolute Gasteiger partial charge is 0.264 e. The van der Waals surface area contributed by atoms with E-state index in [9.17, 15) is 18.0 Å². The average Bonchev–Trinajstić information content (AvgIpc) is 3.00. The maximum Gasteiger partial charge on any atom is 0.264 e. The van der Waals surface area contributed by atoms with Gasteiger partial charge in [-0.05, 0) is 60.5 Å². The van der Waals surface area contributed by atoms with E-state index in [4.69, 9.17) is 23.2 Å². The van der Waals surface area contributed by atoms with Crippen LogP contribution in [0.25, 0.3) is 0 Å². The molecule has 0 saturated heterocycles. The van der Waals surface area contributed by atoms with Crippen molar-refractivity contribution in [2.24, 2.45) is 0 Å². The second-order valence-corrected chi connectivity index (χ2v) is 12.2. The predicted molar refractivity (Wildman–Crippen MR) is 167 cm³/mol. The standard InChI is InChI=1S/C32H31Cl2N3O4S/c1-2-35-32(39)30(21-24-11-5-3-6-12-24)36(22-25-13-9-10-16-29(25)34)31(38)23-37(27-19-17-26(33)18-20-27)42(40,41)28-14-7-4-8-15-28/h3-20,30H,2,21-23H2,1H3,(H,35,39)/t30-/m1/s1. The second-order valence-electron chi connectivity index (χ2n) is 9.51. The predicted octanol–water partition coefficient (Wildman–Crippen LogP) is 5.96. The third kappa shape index (κ3) is 7.70. The summed E-state index contributed by atoms with van der Waals surface area (Å²) in [5.74, 6) is -0.928. The van der Waals surface area contributed by atoms with Gasteiger partial charge in [-0.15, -0.1) is 0 Å². The molecule has 0 aliphatic rings. The van der Waals surface area contributed by atoms with Crippen LogP contribution in [-0.2, 0) is 32.6 Å². The fraction of sp³-hybridized carbons (Fsp3) is 0.188. The highest BCUT2D eigenvalue weighted by Gasteiger charge is 2.34. The molecule has 0 heterocycles. The van der Waals surface area contributed by atoms with Crippen molar-refractivity contribution in [3.05, 3.63) is 130 Å². The zero-order valence-corrected chi connectivity index (χ0v) is 25.3. The zero-order valence-electron chi connectivity index (χ0n) is 23.0. The molecule has 0 spiro atoms. The molecule has 4 rings (SSSR count). The lowest BCUT2D eigenvalue weighted by Gasteiger charge is -2.34. The highest BCUT2D eigenvalue weighted by Crippen LogP contribution is 2.27. The Labute approximate surface area is 256 Å². The van der Waals surface area contributed by atoms with Crippen molar-refractivity contribution in [1.82, 2.24) is 10.2 Å². The summed E-state index contributed by atoms with van der Waals surface area (Å²) in [5, 5.41) is 3.68. The zero-order chi connectivity index (χ0) is 30.1. The number of rotatable bonds is 12. The number of halogens is 2. The second kappa shape index (κ2) is 14.4. The van der Waals surface area contributed by atoms with Crippen molar-refractivity contribution in [3.8, 4) is 0 Å². The molecule has 1 atom stereocenters. The SMILES string of the molecule is CCNC(=O)[C@@H](Cc1ccccc1)N(Cc1ccccc1Cl)C(=O)CN(c1ccc(Cl)cc1)S(=O)(=O)c1ccccc1. The molecular weight excluding hydrogens is 593 g/mol. The number of amides is 2. The minimum absolute atomic E-state index is 0.00696. The minimum Gasteiger partial charge on any atom is -0.355 e. The molecule has 10 heteroatoms. The van der Waals surface area contributed by atoms with E-state index in [1.807, 2.05) is 30.3 Å². The topological polar surface area (TPSA) is 86.8 Å². The Bertz CT molecular complexity index is 1600. The van der Waals surface area contributed by atoms with Gasteiger partial charge in [-0.1, -0.05) is 89.9 Å². The Morgan fingerprint density at radius 1 is 0.810 bits per heavy atom. The molecule has 0 unspecified atom stereocenters. The van der Waals surface area contributed by atoms with E-state index in [0.29, 0.717) is 22.2 Å². The first-order valence-corrected chi connectivity index (χ1v) is 15.6. The summed E-state index contributed by atoms with van der Waals surface area (Å²) in [5.41, 5.74) is 1.72. The van der Waals surface area contributed by atoms with Crippen molar-refractivity contribution in [2.75, 3.05) is 17.4 Å². The molecule has 0 bridgehead atoms. The maximum atomic E-state index is 14.3. The van der Waals surface area contributed by atoms with Gasteiger partial charge in [0.05, 0.1) is 10.6 Å². The third-order valence-corrected chi connectivity index (χ3v) is 9.05. The van der Waals surface area contributed by atoms with Crippen LogP contribution < -0.4 is 9.62 Å². The lowest BCUT2D eigenvalue weighted by atomic mass is 10.0. The van der Waals surface area contributed by atoms with Crippen LogP contribution in [0.2, 0.25) is 10.0 Å². The summed E-state index contributed by atoms with van der Waals surface area (Å²) >= 11 is 12.6.